The normalized spacial score (nSPS) is 18.5. The Hall–Kier alpha value is -1.11. The van der Waals surface area contributed by atoms with E-state index in [1.54, 1.807) is 0 Å². The predicted molar refractivity (Wildman–Crippen MR) is 81.0 cm³/mol. The summed E-state index contributed by atoms with van der Waals surface area (Å²) in [6.07, 6.45) is 6.53. The Morgan fingerprint density at radius 3 is 2.63 bits per heavy atom. The Labute approximate surface area is 115 Å². The van der Waals surface area contributed by atoms with E-state index in [2.05, 4.69) is 12.7 Å². The lowest BCUT2D eigenvalue weighted by atomic mass is 10.00. The smallest absolute Gasteiger partial charge is 0.260 e. The van der Waals surface area contributed by atoms with Crippen LogP contribution < -0.4 is 5.30 Å². The highest BCUT2D eigenvalue weighted by atomic mass is 31.2. The van der Waals surface area contributed by atoms with Crippen LogP contribution in [0.2, 0.25) is 0 Å². The minimum Gasteiger partial charge on any atom is -0.322 e. The van der Waals surface area contributed by atoms with Gasteiger partial charge in [-0.3, -0.25) is 4.57 Å². The van der Waals surface area contributed by atoms with Crippen molar-refractivity contribution in [3.05, 3.63) is 53.9 Å². The molecule has 3 heteroatoms. The average Bonchev–Trinajstić information content (AvgIpc) is 2.48. The molecular weight excluding hydrogens is 255 g/mol. The van der Waals surface area contributed by atoms with Gasteiger partial charge in [0, 0.05) is 10.6 Å². The van der Waals surface area contributed by atoms with E-state index in [1.807, 2.05) is 37.3 Å². The molecule has 2 rings (SSSR count). The first-order valence-corrected chi connectivity index (χ1v) is 8.50. The Morgan fingerprint density at radius 1 is 1.32 bits per heavy atom. The molecule has 0 N–H and O–H groups in total. The lowest BCUT2D eigenvalue weighted by Gasteiger charge is -2.24. The van der Waals surface area contributed by atoms with Gasteiger partial charge in [-0.05, 0) is 50.3 Å². The highest BCUT2D eigenvalue weighted by molar-refractivity contribution is 7.71. The molecule has 0 heterocycles. The summed E-state index contributed by atoms with van der Waals surface area (Å²) in [4.78, 5) is 0. The molecule has 1 unspecified atom stereocenters. The van der Waals surface area contributed by atoms with E-state index in [4.69, 9.17) is 4.52 Å². The molecule has 1 aliphatic rings. The highest BCUT2D eigenvalue weighted by Crippen LogP contribution is 2.56. The molecule has 1 atom stereocenters. The van der Waals surface area contributed by atoms with Crippen LogP contribution in [-0.2, 0) is 9.09 Å². The van der Waals surface area contributed by atoms with Crippen molar-refractivity contribution in [1.82, 2.24) is 0 Å². The van der Waals surface area contributed by atoms with Crippen LogP contribution in [0.25, 0.3) is 0 Å². The third kappa shape index (κ3) is 3.08. The number of hydrogen-bond donors (Lipinski definition) is 0. The maximum atomic E-state index is 13.3. The minimum atomic E-state index is -2.99. The molecule has 0 bridgehead atoms. The van der Waals surface area contributed by atoms with Crippen LogP contribution >= 0.6 is 7.37 Å². The molecular formula is C16H21O2P. The largest absolute Gasteiger partial charge is 0.322 e. The number of hydrogen-bond acceptors (Lipinski definition) is 2. The zero-order chi connectivity index (χ0) is 13.7. The Bertz CT molecular complexity index is 517. The van der Waals surface area contributed by atoms with E-state index in [0.29, 0.717) is 11.9 Å². The van der Waals surface area contributed by atoms with Crippen LogP contribution in [0, 0.1) is 0 Å². The van der Waals surface area contributed by atoms with Gasteiger partial charge in [-0.2, -0.15) is 0 Å². The van der Waals surface area contributed by atoms with E-state index in [9.17, 15) is 4.57 Å². The molecule has 0 radical (unpaired) electrons. The lowest BCUT2D eigenvalue weighted by molar-refractivity contribution is 0.345. The van der Waals surface area contributed by atoms with Crippen molar-refractivity contribution in [2.24, 2.45) is 0 Å². The third-order valence-electron chi connectivity index (χ3n) is 3.42. The highest BCUT2D eigenvalue weighted by Gasteiger charge is 2.31. The van der Waals surface area contributed by atoms with Crippen molar-refractivity contribution in [3.8, 4) is 0 Å². The van der Waals surface area contributed by atoms with Gasteiger partial charge in [0.2, 0.25) is 0 Å². The summed E-state index contributed by atoms with van der Waals surface area (Å²) in [5.41, 5.74) is 1.12. The predicted octanol–water partition coefficient (Wildman–Crippen LogP) is 4.64. The van der Waals surface area contributed by atoms with Crippen LogP contribution in [0.15, 0.2) is 53.9 Å². The quantitative estimate of drug-likeness (QED) is 0.732. The second kappa shape index (κ2) is 6.36. The van der Waals surface area contributed by atoms with Gasteiger partial charge in [0.1, 0.15) is 0 Å². The molecule has 0 fully saturated rings. The average molecular weight is 276 g/mol. The summed E-state index contributed by atoms with van der Waals surface area (Å²) in [5.74, 6) is 0. The molecule has 0 saturated heterocycles. The van der Waals surface area contributed by atoms with Gasteiger partial charge in [-0.15, -0.1) is 0 Å². The van der Waals surface area contributed by atoms with Crippen molar-refractivity contribution in [2.45, 2.75) is 32.6 Å². The van der Waals surface area contributed by atoms with Crippen molar-refractivity contribution >= 4 is 12.7 Å². The molecule has 0 saturated carbocycles. The monoisotopic (exact) mass is 276 g/mol. The van der Waals surface area contributed by atoms with Gasteiger partial charge < -0.3 is 4.52 Å². The first-order chi connectivity index (χ1) is 9.18. The molecule has 1 aromatic rings. The van der Waals surface area contributed by atoms with Crippen molar-refractivity contribution in [3.63, 3.8) is 0 Å². The molecule has 0 aliphatic heterocycles. The molecule has 2 nitrogen and oxygen atoms in total. The van der Waals surface area contributed by atoms with Crippen LogP contribution in [-0.4, -0.2) is 6.61 Å². The summed E-state index contributed by atoms with van der Waals surface area (Å²) >= 11 is 0. The maximum Gasteiger partial charge on any atom is 0.260 e. The van der Waals surface area contributed by atoms with Crippen molar-refractivity contribution < 1.29 is 9.09 Å². The Balaban J connectivity index is 2.37. The second-order valence-corrected chi connectivity index (χ2v) is 7.14. The fourth-order valence-electron chi connectivity index (χ4n) is 2.40. The SMILES string of the molecule is C=C(C1=CCCCC1)P(=O)(OCC)c1ccccc1. The molecule has 1 aliphatic carbocycles. The summed E-state index contributed by atoms with van der Waals surface area (Å²) in [6, 6.07) is 9.44. The van der Waals surface area contributed by atoms with Gasteiger partial charge in [0.25, 0.3) is 7.37 Å². The first kappa shape index (κ1) is 14.3. The maximum absolute atomic E-state index is 13.3. The standard InChI is InChI=1S/C16H21O2P/c1-3-18-19(17,16-12-8-5-9-13-16)14(2)15-10-6-4-7-11-15/h5,8-10,12-13H,2-4,6-7,11H2,1H3. The summed E-state index contributed by atoms with van der Waals surface area (Å²) < 4.78 is 18.9. The second-order valence-electron chi connectivity index (χ2n) is 4.73. The van der Waals surface area contributed by atoms with Crippen molar-refractivity contribution in [1.29, 1.82) is 0 Å². The van der Waals surface area contributed by atoms with Gasteiger partial charge in [-0.1, -0.05) is 30.9 Å². The van der Waals surface area contributed by atoms with Gasteiger partial charge in [-0.25, -0.2) is 0 Å². The fraction of sp³-hybridized carbons (Fsp3) is 0.375. The van der Waals surface area contributed by atoms with Crippen molar-refractivity contribution in [2.75, 3.05) is 6.61 Å². The number of benzene rings is 1. The summed E-state index contributed by atoms with van der Waals surface area (Å²) in [7, 11) is -2.99. The minimum absolute atomic E-state index is 0.429. The molecule has 0 amide bonds. The third-order valence-corrected chi connectivity index (χ3v) is 6.02. The molecule has 0 spiro atoms. The molecule has 0 aromatic heterocycles. The molecule has 1 aromatic carbocycles. The van der Waals surface area contributed by atoms with E-state index >= 15 is 0 Å². The van der Waals surface area contributed by atoms with E-state index < -0.39 is 7.37 Å². The van der Waals surface area contributed by atoms with Gasteiger partial charge in [0.05, 0.1) is 6.61 Å². The molecule has 102 valence electrons. The van der Waals surface area contributed by atoms with Crippen LogP contribution in [0.5, 0.6) is 0 Å². The van der Waals surface area contributed by atoms with Gasteiger partial charge >= 0.3 is 0 Å². The number of rotatable bonds is 5. The summed E-state index contributed by atoms with van der Waals surface area (Å²) in [6.45, 7) is 6.39. The van der Waals surface area contributed by atoms with E-state index in [0.717, 1.165) is 30.1 Å². The zero-order valence-electron chi connectivity index (χ0n) is 11.5. The fourth-order valence-corrected chi connectivity index (χ4v) is 4.53. The zero-order valence-corrected chi connectivity index (χ0v) is 12.4. The first-order valence-electron chi connectivity index (χ1n) is 6.87. The van der Waals surface area contributed by atoms with Crippen LogP contribution in [0.1, 0.15) is 32.6 Å². The topological polar surface area (TPSA) is 26.3 Å². The van der Waals surface area contributed by atoms with Gasteiger partial charge in [0.15, 0.2) is 0 Å². The van der Waals surface area contributed by atoms with E-state index in [1.165, 1.54) is 6.42 Å². The van der Waals surface area contributed by atoms with Crippen LogP contribution in [0.4, 0.5) is 0 Å². The Morgan fingerprint density at radius 2 is 2.05 bits per heavy atom. The lowest BCUT2D eigenvalue weighted by Crippen LogP contribution is -2.10. The van der Waals surface area contributed by atoms with E-state index in [-0.39, 0.29) is 0 Å². The molecule has 19 heavy (non-hydrogen) atoms. The summed E-state index contributed by atoms with van der Waals surface area (Å²) in [5, 5.41) is 1.42. The number of allylic oxidation sites excluding steroid dienone is 3. The Kier molecular flexibility index (Phi) is 4.79. The van der Waals surface area contributed by atoms with Crippen LogP contribution in [0.3, 0.4) is 0 Å².